The molecule has 0 radical (unpaired) electrons. The first-order chi connectivity index (χ1) is 7.34. The van der Waals surface area contributed by atoms with Crippen molar-refractivity contribution >= 4 is 5.95 Å². The lowest BCUT2D eigenvalue weighted by atomic mass is 10.0. The summed E-state index contributed by atoms with van der Waals surface area (Å²) in [5.74, 6) is 5.10. The van der Waals surface area contributed by atoms with Crippen LogP contribution in [0.5, 0.6) is 0 Å². The van der Waals surface area contributed by atoms with Crippen LogP contribution in [0.1, 0.15) is 19.3 Å². The average molecular weight is 203 g/mol. The van der Waals surface area contributed by atoms with Gasteiger partial charge in [-0.1, -0.05) is 0 Å². The number of hydrogen-bond acceptors (Lipinski definition) is 2. The Morgan fingerprint density at radius 1 is 1.33 bits per heavy atom. The summed E-state index contributed by atoms with van der Waals surface area (Å²) in [6, 6.07) is 0.748. The largest absolute Gasteiger partial charge is 0.352 e. The third kappa shape index (κ3) is 0.985. The zero-order chi connectivity index (χ0) is 9.99. The molecule has 1 N–H and O–H groups in total. The lowest BCUT2D eigenvalue weighted by Gasteiger charge is -2.10. The van der Waals surface area contributed by atoms with Crippen LogP contribution >= 0.6 is 0 Å². The molecule has 1 heterocycles. The van der Waals surface area contributed by atoms with Crippen LogP contribution < -0.4 is 5.32 Å². The molecule has 80 valence electrons. The number of hydrogen-bond donors (Lipinski definition) is 1. The first kappa shape index (κ1) is 8.20. The number of imidazole rings is 1. The Kier molecular flexibility index (Phi) is 1.41. The summed E-state index contributed by atoms with van der Waals surface area (Å²) in [4.78, 5) is 4.35. The van der Waals surface area contributed by atoms with E-state index in [1.54, 1.807) is 0 Å². The van der Waals surface area contributed by atoms with Crippen LogP contribution in [0.3, 0.4) is 0 Å². The van der Waals surface area contributed by atoms with Crippen molar-refractivity contribution < 1.29 is 0 Å². The van der Waals surface area contributed by atoms with Crippen molar-refractivity contribution in [1.82, 2.24) is 9.55 Å². The quantitative estimate of drug-likeness (QED) is 0.795. The van der Waals surface area contributed by atoms with Crippen molar-refractivity contribution in [3.63, 3.8) is 0 Å². The van der Waals surface area contributed by atoms with E-state index in [0.717, 1.165) is 35.7 Å². The average Bonchev–Trinajstić information content (AvgIpc) is 2.62. The maximum absolute atomic E-state index is 4.35. The predicted octanol–water partition coefficient (Wildman–Crippen LogP) is 1.88. The van der Waals surface area contributed by atoms with E-state index < -0.39 is 0 Å². The Hall–Kier alpha value is -0.990. The van der Waals surface area contributed by atoms with Crippen LogP contribution in [-0.4, -0.2) is 15.6 Å². The minimum absolute atomic E-state index is 0.748. The topological polar surface area (TPSA) is 29.9 Å². The molecule has 4 unspecified atom stereocenters. The molecule has 3 heteroatoms. The fourth-order valence-electron chi connectivity index (χ4n) is 4.17. The van der Waals surface area contributed by atoms with E-state index in [9.17, 15) is 0 Å². The highest BCUT2D eigenvalue weighted by Gasteiger charge is 2.65. The van der Waals surface area contributed by atoms with Gasteiger partial charge in [0.2, 0.25) is 5.95 Å². The molecule has 3 saturated carbocycles. The Balaban J connectivity index is 1.52. The van der Waals surface area contributed by atoms with Gasteiger partial charge in [-0.3, -0.25) is 0 Å². The Morgan fingerprint density at radius 3 is 2.67 bits per heavy atom. The summed E-state index contributed by atoms with van der Waals surface area (Å²) in [5.41, 5.74) is 0. The van der Waals surface area contributed by atoms with Gasteiger partial charge in [0.15, 0.2) is 0 Å². The van der Waals surface area contributed by atoms with E-state index in [2.05, 4.69) is 21.9 Å². The number of nitrogens with zero attached hydrogens (tertiary/aromatic N) is 2. The van der Waals surface area contributed by atoms with E-state index in [0.29, 0.717) is 0 Å². The summed E-state index contributed by atoms with van der Waals surface area (Å²) in [7, 11) is 2.06. The maximum atomic E-state index is 4.35. The lowest BCUT2D eigenvalue weighted by molar-refractivity contribution is 0.456. The van der Waals surface area contributed by atoms with E-state index in [4.69, 9.17) is 0 Å². The van der Waals surface area contributed by atoms with Crippen LogP contribution in [0.4, 0.5) is 5.95 Å². The van der Waals surface area contributed by atoms with Gasteiger partial charge in [-0.15, -0.1) is 0 Å². The van der Waals surface area contributed by atoms with Crippen molar-refractivity contribution in [2.45, 2.75) is 25.3 Å². The summed E-state index contributed by atoms with van der Waals surface area (Å²) in [6.45, 7) is 0. The highest BCUT2D eigenvalue weighted by Crippen LogP contribution is 2.66. The van der Waals surface area contributed by atoms with Crippen molar-refractivity contribution in [2.24, 2.45) is 30.7 Å². The molecule has 0 amide bonds. The zero-order valence-electron chi connectivity index (χ0n) is 9.06. The molecule has 15 heavy (non-hydrogen) atoms. The molecular weight excluding hydrogens is 186 g/mol. The maximum Gasteiger partial charge on any atom is 0.202 e. The van der Waals surface area contributed by atoms with Gasteiger partial charge in [-0.25, -0.2) is 4.98 Å². The Morgan fingerprint density at radius 2 is 2.07 bits per heavy atom. The van der Waals surface area contributed by atoms with Crippen LogP contribution in [0, 0.1) is 23.7 Å². The van der Waals surface area contributed by atoms with Gasteiger partial charge in [-0.2, -0.15) is 0 Å². The minimum Gasteiger partial charge on any atom is -0.352 e. The molecular formula is C12H17N3. The van der Waals surface area contributed by atoms with E-state index in [1.807, 2.05) is 12.4 Å². The second-order valence-corrected chi connectivity index (χ2v) is 5.52. The van der Waals surface area contributed by atoms with Gasteiger partial charge in [0.05, 0.1) is 0 Å². The normalized spacial score (nSPS) is 45.5. The smallest absolute Gasteiger partial charge is 0.202 e. The van der Waals surface area contributed by atoms with Gasteiger partial charge in [0, 0.05) is 25.5 Å². The summed E-state index contributed by atoms with van der Waals surface area (Å²) < 4.78 is 2.08. The van der Waals surface area contributed by atoms with Crippen molar-refractivity contribution in [1.29, 1.82) is 0 Å². The van der Waals surface area contributed by atoms with E-state index in [1.165, 1.54) is 19.3 Å². The number of aryl methyl sites for hydroxylation is 1. The fraction of sp³-hybridized carbons (Fsp3) is 0.750. The summed E-state index contributed by atoms with van der Waals surface area (Å²) >= 11 is 0. The molecule has 3 aliphatic rings. The van der Waals surface area contributed by atoms with Crippen LogP contribution in [0.15, 0.2) is 12.4 Å². The van der Waals surface area contributed by atoms with Crippen LogP contribution in [-0.2, 0) is 7.05 Å². The number of aromatic nitrogens is 2. The number of nitrogens with one attached hydrogen (secondary N) is 1. The number of anilines is 1. The van der Waals surface area contributed by atoms with Crippen molar-refractivity contribution in [3.05, 3.63) is 12.4 Å². The number of fused-ring (bicyclic) bond motifs is 5. The second-order valence-electron chi connectivity index (χ2n) is 5.52. The SMILES string of the molecule is Cn1ccnc1NC1C2C3CCC(C3)C12. The Bertz CT molecular complexity index is 381. The molecule has 3 nitrogen and oxygen atoms in total. The Labute approximate surface area is 89.9 Å². The second kappa shape index (κ2) is 2.57. The highest BCUT2D eigenvalue weighted by atomic mass is 15.2. The zero-order valence-corrected chi connectivity index (χ0v) is 9.06. The first-order valence-corrected chi connectivity index (χ1v) is 6.08. The van der Waals surface area contributed by atoms with E-state index >= 15 is 0 Å². The minimum atomic E-state index is 0.748. The monoisotopic (exact) mass is 203 g/mol. The molecule has 0 aromatic carbocycles. The van der Waals surface area contributed by atoms with Crippen molar-refractivity contribution in [3.8, 4) is 0 Å². The van der Waals surface area contributed by atoms with Crippen molar-refractivity contribution in [2.75, 3.05) is 5.32 Å². The van der Waals surface area contributed by atoms with Gasteiger partial charge in [-0.05, 0) is 42.9 Å². The fourth-order valence-corrected chi connectivity index (χ4v) is 4.17. The molecule has 0 spiro atoms. The molecule has 0 aliphatic heterocycles. The molecule has 1 aromatic heterocycles. The predicted molar refractivity (Wildman–Crippen MR) is 58.4 cm³/mol. The van der Waals surface area contributed by atoms with Gasteiger partial charge in [0.1, 0.15) is 0 Å². The van der Waals surface area contributed by atoms with E-state index in [-0.39, 0.29) is 0 Å². The molecule has 3 fully saturated rings. The standard InChI is InChI=1S/C12H17N3/c1-15-5-4-13-12(15)14-11-9-7-2-3-8(6-7)10(9)11/h4-5,7-11H,2-3,6H2,1H3,(H,13,14). The molecule has 0 saturated heterocycles. The van der Waals surface area contributed by atoms with Gasteiger partial charge >= 0.3 is 0 Å². The van der Waals surface area contributed by atoms with Gasteiger partial charge < -0.3 is 9.88 Å². The summed E-state index contributed by atoms with van der Waals surface area (Å²) in [6.07, 6.45) is 8.38. The molecule has 3 aliphatic carbocycles. The van der Waals surface area contributed by atoms with Crippen LogP contribution in [0.25, 0.3) is 0 Å². The third-order valence-corrected chi connectivity index (χ3v) is 4.85. The van der Waals surface area contributed by atoms with Crippen LogP contribution in [0.2, 0.25) is 0 Å². The first-order valence-electron chi connectivity index (χ1n) is 6.08. The molecule has 4 atom stereocenters. The van der Waals surface area contributed by atoms with Gasteiger partial charge in [0.25, 0.3) is 0 Å². The highest BCUT2D eigenvalue weighted by molar-refractivity contribution is 5.35. The summed E-state index contributed by atoms with van der Waals surface area (Å²) in [5, 5.41) is 3.62. The third-order valence-electron chi connectivity index (χ3n) is 4.85. The molecule has 4 rings (SSSR count). The lowest BCUT2D eigenvalue weighted by Crippen LogP contribution is -2.15. The number of rotatable bonds is 2. The molecule has 1 aromatic rings. The molecule has 2 bridgehead atoms.